The molecule has 28 heavy (non-hydrogen) atoms. The summed E-state index contributed by atoms with van der Waals surface area (Å²) >= 11 is 0. The SMILES string of the molecule is Cc1ccc([C@@H]2CN(C(=O)c3ccc(-n4cnnn4)cc3)C[C@H]2N(C)C)cc1. The standard InChI is InChI=1S/C21H24N6O/c1-15-4-6-16(7-5-15)19-12-26(13-20(19)25(2)3)21(28)17-8-10-18(11-9-17)27-14-22-23-24-27/h4-11,14,19-20H,12-13H2,1-3H3/t19-,20+/m0/s1. The van der Waals surface area contributed by atoms with Crippen LogP contribution in [0.1, 0.15) is 27.4 Å². The van der Waals surface area contributed by atoms with E-state index >= 15 is 0 Å². The first kappa shape index (κ1) is 18.3. The molecule has 0 radical (unpaired) electrons. The van der Waals surface area contributed by atoms with Gasteiger partial charge in [0.2, 0.25) is 0 Å². The van der Waals surface area contributed by atoms with E-state index in [1.807, 2.05) is 29.2 Å². The zero-order valence-corrected chi connectivity index (χ0v) is 16.4. The first-order chi connectivity index (χ1) is 13.5. The highest BCUT2D eigenvalue weighted by molar-refractivity contribution is 5.94. The molecule has 7 nitrogen and oxygen atoms in total. The summed E-state index contributed by atoms with van der Waals surface area (Å²) < 4.78 is 1.57. The summed E-state index contributed by atoms with van der Waals surface area (Å²) in [6.07, 6.45) is 1.53. The summed E-state index contributed by atoms with van der Waals surface area (Å²) in [7, 11) is 4.17. The molecule has 0 bridgehead atoms. The summed E-state index contributed by atoms with van der Waals surface area (Å²) in [5.74, 6) is 0.366. The summed E-state index contributed by atoms with van der Waals surface area (Å²) in [4.78, 5) is 17.3. The first-order valence-corrected chi connectivity index (χ1v) is 9.38. The fourth-order valence-corrected chi connectivity index (χ4v) is 3.84. The lowest BCUT2D eigenvalue weighted by atomic mass is 9.93. The predicted octanol–water partition coefficient (Wildman–Crippen LogP) is 2.14. The quantitative estimate of drug-likeness (QED) is 0.698. The topological polar surface area (TPSA) is 67.2 Å². The second-order valence-electron chi connectivity index (χ2n) is 7.56. The molecule has 144 valence electrons. The van der Waals surface area contributed by atoms with Crippen LogP contribution in [0, 0.1) is 6.92 Å². The second kappa shape index (κ2) is 7.52. The summed E-state index contributed by atoms with van der Waals surface area (Å²) in [5.41, 5.74) is 4.04. The van der Waals surface area contributed by atoms with E-state index in [0.29, 0.717) is 17.5 Å². The third-order valence-electron chi connectivity index (χ3n) is 5.47. The van der Waals surface area contributed by atoms with Gasteiger partial charge < -0.3 is 9.80 Å². The van der Waals surface area contributed by atoms with Crippen molar-refractivity contribution in [1.82, 2.24) is 30.0 Å². The zero-order valence-electron chi connectivity index (χ0n) is 16.4. The maximum Gasteiger partial charge on any atom is 0.253 e. The van der Waals surface area contributed by atoms with Crippen molar-refractivity contribution in [3.8, 4) is 5.69 Å². The molecule has 0 spiro atoms. The van der Waals surface area contributed by atoms with Gasteiger partial charge in [-0.25, -0.2) is 4.68 Å². The Bertz CT molecular complexity index is 934. The molecule has 2 heterocycles. The molecule has 1 fully saturated rings. The summed E-state index contributed by atoms with van der Waals surface area (Å²) in [6.45, 7) is 3.54. The molecule has 3 aromatic rings. The first-order valence-electron chi connectivity index (χ1n) is 9.38. The average molecular weight is 376 g/mol. The smallest absolute Gasteiger partial charge is 0.253 e. The van der Waals surface area contributed by atoms with Gasteiger partial charge in [0, 0.05) is 30.6 Å². The lowest BCUT2D eigenvalue weighted by molar-refractivity contribution is 0.0782. The van der Waals surface area contributed by atoms with Gasteiger partial charge in [-0.1, -0.05) is 29.8 Å². The minimum atomic E-state index is 0.0599. The van der Waals surface area contributed by atoms with Crippen molar-refractivity contribution in [1.29, 1.82) is 0 Å². The number of benzene rings is 2. The predicted molar refractivity (Wildman–Crippen MR) is 106 cm³/mol. The van der Waals surface area contributed by atoms with Crippen LogP contribution in [0.2, 0.25) is 0 Å². The van der Waals surface area contributed by atoms with Gasteiger partial charge in [-0.3, -0.25) is 4.79 Å². The van der Waals surface area contributed by atoms with Crippen molar-refractivity contribution >= 4 is 5.91 Å². The van der Waals surface area contributed by atoms with Crippen LogP contribution in [0.15, 0.2) is 54.9 Å². The van der Waals surface area contributed by atoms with Crippen molar-refractivity contribution in [2.45, 2.75) is 18.9 Å². The molecule has 2 atom stereocenters. The van der Waals surface area contributed by atoms with E-state index in [4.69, 9.17) is 0 Å². The van der Waals surface area contributed by atoms with Crippen LogP contribution in [-0.4, -0.2) is 69.1 Å². The lowest BCUT2D eigenvalue weighted by Gasteiger charge is -2.25. The van der Waals surface area contributed by atoms with E-state index in [0.717, 1.165) is 18.8 Å². The highest BCUT2D eigenvalue weighted by Crippen LogP contribution is 2.31. The Balaban J connectivity index is 1.53. The van der Waals surface area contributed by atoms with Crippen LogP contribution in [0.5, 0.6) is 0 Å². The Kier molecular flexibility index (Phi) is 4.92. The molecular formula is C21H24N6O. The van der Waals surface area contributed by atoms with Crippen LogP contribution in [0.4, 0.5) is 0 Å². The van der Waals surface area contributed by atoms with Gasteiger partial charge in [0.15, 0.2) is 0 Å². The van der Waals surface area contributed by atoms with Gasteiger partial charge in [0.05, 0.1) is 5.69 Å². The number of tetrazole rings is 1. The number of nitrogens with zero attached hydrogens (tertiary/aromatic N) is 6. The molecule has 0 unspecified atom stereocenters. The van der Waals surface area contributed by atoms with Gasteiger partial charge in [0.25, 0.3) is 5.91 Å². The molecule has 1 amide bonds. The normalized spacial score (nSPS) is 19.4. The maximum atomic E-state index is 13.1. The van der Waals surface area contributed by atoms with Gasteiger partial charge in [-0.15, -0.1) is 5.10 Å². The number of hydrogen-bond donors (Lipinski definition) is 0. The van der Waals surface area contributed by atoms with Gasteiger partial charge >= 0.3 is 0 Å². The van der Waals surface area contributed by atoms with Crippen molar-refractivity contribution in [3.63, 3.8) is 0 Å². The van der Waals surface area contributed by atoms with E-state index < -0.39 is 0 Å². The Hall–Kier alpha value is -3.06. The molecule has 1 aromatic heterocycles. The molecule has 0 saturated carbocycles. The second-order valence-corrected chi connectivity index (χ2v) is 7.56. The van der Waals surface area contributed by atoms with E-state index in [1.54, 1.807) is 4.68 Å². The minimum absolute atomic E-state index is 0.0599. The number of rotatable bonds is 4. The van der Waals surface area contributed by atoms with Crippen LogP contribution < -0.4 is 0 Å². The van der Waals surface area contributed by atoms with E-state index in [9.17, 15) is 4.79 Å². The molecule has 0 N–H and O–H groups in total. The van der Waals surface area contributed by atoms with Crippen molar-refractivity contribution in [3.05, 3.63) is 71.5 Å². The number of aryl methyl sites for hydroxylation is 1. The Morgan fingerprint density at radius 3 is 2.36 bits per heavy atom. The number of aromatic nitrogens is 4. The Labute approximate surface area is 164 Å². The van der Waals surface area contributed by atoms with E-state index in [1.165, 1.54) is 17.5 Å². The van der Waals surface area contributed by atoms with Gasteiger partial charge in [0.1, 0.15) is 6.33 Å². The fourth-order valence-electron chi connectivity index (χ4n) is 3.84. The molecule has 1 saturated heterocycles. The minimum Gasteiger partial charge on any atom is -0.336 e. The summed E-state index contributed by atoms with van der Waals surface area (Å²) in [6, 6.07) is 16.4. The monoisotopic (exact) mass is 376 g/mol. The highest BCUT2D eigenvalue weighted by Gasteiger charge is 2.37. The molecule has 7 heteroatoms. The number of likely N-dealkylation sites (N-methyl/N-ethyl adjacent to an activating group) is 1. The summed E-state index contributed by atoms with van der Waals surface area (Å²) in [5, 5.41) is 11.2. The Morgan fingerprint density at radius 1 is 1.04 bits per heavy atom. The molecule has 4 rings (SSSR count). The maximum absolute atomic E-state index is 13.1. The number of carbonyl (C=O) groups excluding carboxylic acids is 1. The van der Waals surface area contributed by atoms with Crippen molar-refractivity contribution in [2.24, 2.45) is 0 Å². The van der Waals surface area contributed by atoms with Crippen LogP contribution >= 0.6 is 0 Å². The molecule has 0 aliphatic carbocycles. The Morgan fingerprint density at radius 2 is 1.75 bits per heavy atom. The molecule has 2 aromatic carbocycles. The number of likely N-dealkylation sites (tertiary alicyclic amines) is 1. The highest BCUT2D eigenvalue weighted by atomic mass is 16.2. The van der Waals surface area contributed by atoms with E-state index in [2.05, 4.69) is 65.7 Å². The largest absolute Gasteiger partial charge is 0.336 e. The fraction of sp³-hybridized carbons (Fsp3) is 0.333. The van der Waals surface area contributed by atoms with Crippen molar-refractivity contribution in [2.75, 3.05) is 27.2 Å². The van der Waals surface area contributed by atoms with Gasteiger partial charge in [-0.05, 0) is 61.3 Å². The van der Waals surface area contributed by atoms with Crippen molar-refractivity contribution < 1.29 is 4.79 Å². The zero-order chi connectivity index (χ0) is 19.7. The van der Waals surface area contributed by atoms with E-state index in [-0.39, 0.29) is 5.91 Å². The van der Waals surface area contributed by atoms with Crippen LogP contribution in [0.3, 0.4) is 0 Å². The third kappa shape index (κ3) is 3.53. The number of amides is 1. The average Bonchev–Trinajstić information content (AvgIpc) is 3.38. The van der Waals surface area contributed by atoms with Crippen LogP contribution in [-0.2, 0) is 0 Å². The lowest BCUT2D eigenvalue weighted by Crippen LogP contribution is -2.35. The molecular weight excluding hydrogens is 352 g/mol. The molecule has 1 aliphatic rings. The number of hydrogen-bond acceptors (Lipinski definition) is 5. The number of carbonyl (C=O) groups is 1. The molecule has 1 aliphatic heterocycles. The third-order valence-corrected chi connectivity index (χ3v) is 5.47. The van der Waals surface area contributed by atoms with Gasteiger partial charge in [-0.2, -0.15) is 0 Å². The van der Waals surface area contributed by atoms with Crippen LogP contribution in [0.25, 0.3) is 5.69 Å².